The van der Waals surface area contributed by atoms with Gasteiger partial charge in [-0.15, -0.1) is 0 Å². The number of aromatic amines is 1. The number of nitrogens with two attached hydrogens (primary N) is 1. The van der Waals surface area contributed by atoms with Gasteiger partial charge in [0.25, 0.3) is 5.56 Å². The highest BCUT2D eigenvalue weighted by Crippen LogP contribution is 2.31. The molecule has 1 heterocycles. The van der Waals surface area contributed by atoms with Crippen LogP contribution in [0.15, 0.2) is 29.1 Å². The van der Waals surface area contributed by atoms with Gasteiger partial charge in [-0.2, -0.15) is 5.10 Å². The van der Waals surface area contributed by atoms with E-state index in [9.17, 15) is 4.79 Å². The second-order valence-electron chi connectivity index (χ2n) is 3.88. The normalized spacial score (nSPS) is 10.3. The maximum atomic E-state index is 11.4. The average molecular weight is 261 g/mol. The first-order valence-corrected chi connectivity index (χ1v) is 5.70. The van der Waals surface area contributed by atoms with Crippen LogP contribution >= 0.6 is 0 Å². The van der Waals surface area contributed by atoms with Crippen molar-refractivity contribution in [3.8, 4) is 22.8 Å². The molecule has 0 fully saturated rings. The van der Waals surface area contributed by atoms with Gasteiger partial charge in [0.05, 0.1) is 19.9 Å². The van der Waals surface area contributed by atoms with Crippen LogP contribution in [0.5, 0.6) is 11.5 Å². The second kappa shape index (κ2) is 5.53. The first-order valence-electron chi connectivity index (χ1n) is 5.70. The molecule has 19 heavy (non-hydrogen) atoms. The molecule has 0 atom stereocenters. The number of nitrogens with one attached hydrogen (secondary N) is 1. The Labute approximate surface area is 110 Å². The van der Waals surface area contributed by atoms with E-state index in [0.717, 1.165) is 5.56 Å². The summed E-state index contributed by atoms with van der Waals surface area (Å²) in [4.78, 5) is 11.4. The van der Waals surface area contributed by atoms with Gasteiger partial charge in [-0.25, -0.2) is 5.10 Å². The van der Waals surface area contributed by atoms with E-state index < -0.39 is 0 Å². The van der Waals surface area contributed by atoms with Gasteiger partial charge in [-0.1, -0.05) is 0 Å². The summed E-state index contributed by atoms with van der Waals surface area (Å²) in [7, 11) is 3.13. The van der Waals surface area contributed by atoms with Crippen LogP contribution in [0.4, 0.5) is 0 Å². The second-order valence-corrected chi connectivity index (χ2v) is 3.88. The third-order valence-corrected chi connectivity index (χ3v) is 2.78. The molecule has 3 N–H and O–H groups in total. The Morgan fingerprint density at radius 2 is 1.95 bits per heavy atom. The lowest BCUT2D eigenvalue weighted by Crippen LogP contribution is -2.17. The fourth-order valence-electron chi connectivity index (χ4n) is 1.74. The fourth-order valence-corrected chi connectivity index (χ4v) is 1.74. The van der Waals surface area contributed by atoms with E-state index in [0.29, 0.717) is 22.8 Å². The highest BCUT2D eigenvalue weighted by molar-refractivity contribution is 5.64. The topological polar surface area (TPSA) is 90.2 Å². The number of ether oxygens (including phenoxy) is 2. The van der Waals surface area contributed by atoms with E-state index >= 15 is 0 Å². The van der Waals surface area contributed by atoms with Crippen molar-refractivity contribution < 1.29 is 9.47 Å². The zero-order valence-corrected chi connectivity index (χ0v) is 10.8. The molecule has 0 bridgehead atoms. The van der Waals surface area contributed by atoms with Gasteiger partial charge < -0.3 is 15.2 Å². The van der Waals surface area contributed by atoms with Crippen molar-refractivity contribution in [2.45, 2.75) is 6.54 Å². The van der Waals surface area contributed by atoms with Crippen molar-refractivity contribution in [1.29, 1.82) is 0 Å². The zero-order valence-electron chi connectivity index (χ0n) is 10.8. The summed E-state index contributed by atoms with van der Waals surface area (Å²) >= 11 is 0. The summed E-state index contributed by atoms with van der Waals surface area (Å²) < 4.78 is 10.4. The highest BCUT2D eigenvalue weighted by Gasteiger charge is 2.08. The summed E-state index contributed by atoms with van der Waals surface area (Å²) in [5, 5.41) is 6.42. The summed E-state index contributed by atoms with van der Waals surface area (Å²) in [5.74, 6) is 1.23. The first kappa shape index (κ1) is 13.1. The lowest BCUT2D eigenvalue weighted by atomic mass is 10.1. The molecule has 0 amide bonds. The van der Waals surface area contributed by atoms with Crippen LogP contribution in [0.25, 0.3) is 11.3 Å². The zero-order chi connectivity index (χ0) is 13.8. The van der Waals surface area contributed by atoms with Crippen molar-refractivity contribution in [3.05, 3.63) is 40.2 Å². The third-order valence-electron chi connectivity index (χ3n) is 2.78. The van der Waals surface area contributed by atoms with Gasteiger partial charge in [0.1, 0.15) is 0 Å². The van der Waals surface area contributed by atoms with Crippen molar-refractivity contribution >= 4 is 0 Å². The molecule has 0 aliphatic carbocycles. The molecule has 6 nitrogen and oxygen atoms in total. The molecule has 2 rings (SSSR count). The summed E-state index contributed by atoms with van der Waals surface area (Å²) in [5.41, 5.74) is 7.16. The SMILES string of the molecule is COc1ccc(-c2cc(CN)c(=O)[nH]n2)cc1OC. The summed E-state index contributed by atoms with van der Waals surface area (Å²) in [6, 6.07) is 7.07. The smallest absolute Gasteiger partial charge is 0.268 e. The van der Waals surface area contributed by atoms with Crippen LogP contribution in [0, 0.1) is 0 Å². The van der Waals surface area contributed by atoms with E-state index in [1.54, 1.807) is 32.4 Å². The van der Waals surface area contributed by atoms with E-state index in [1.807, 2.05) is 6.07 Å². The predicted octanol–water partition coefficient (Wildman–Crippen LogP) is 0.913. The number of hydrogen-bond donors (Lipinski definition) is 2. The van der Waals surface area contributed by atoms with Gasteiger partial charge in [-0.3, -0.25) is 4.79 Å². The minimum atomic E-state index is -0.272. The Balaban J connectivity index is 2.50. The largest absolute Gasteiger partial charge is 0.493 e. The van der Waals surface area contributed by atoms with Crippen molar-refractivity contribution in [3.63, 3.8) is 0 Å². The molecule has 1 aromatic carbocycles. The number of nitrogens with zero attached hydrogens (tertiary/aromatic N) is 1. The quantitative estimate of drug-likeness (QED) is 0.853. The van der Waals surface area contributed by atoms with Gasteiger partial charge >= 0.3 is 0 Å². The maximum absolute atomic E-state index is 11.4. The van der Waals surface area contributed by atoms with E-state index in [2.05, 4.69) is 10.2 Å². The Morgan fingerprint density at radius 3 is 2.58 bits per heavy atom. The predicted molar refractivity (Wildman–Crippen MR) is 71.3 cm³/mol. The van der Waals surface area contributed by atoms with Crippen LogP contribution < -0.4 is 20.8 Å². The van der Waals surface area contributed by atoms with E-state index in [-0.39, 0.29) is 12.1 Å². The Morgan fingerprint density at radius 1 is 1.21 bits per heavy atom. The lowest BCUT2D eigenvalue weighted by molar-refractivity contribution is 0.355. The number of aromatic nitrogens is 2. The molecule has 0 aliphatic rings. The molecular weight excluding hydrogens is 246 g/mol. The highest BCUT2D eigenvalue weighted by atomic mass is 16.5. The minimum Gasteiger partial charge on any atom is -0.493 e. The van der Waals surface area contributed by atoms with Crippen molar-refractivity contribution in [2.75, 3.05) is 14.2 Å². The molecule has 100 valence electrons. The van der Waals surface area contributed by atoms with Crippen LogP contribution in [-0.2, 0) is 6.54 Å². The molecule has 0 aliphatic heterocycles. The lowest BCUT2D eigenvalue weighted by Gasteiger charge is -2.09. The number of rotatable bonds is 4. The van der Waals surface area contributed by atoms with Gasteiger partial charge in [-0.05, 0) is 24.3 Å². The Kier molecular flexibility index (Phi) is 3.82. The van der Waals surface area contributed by atoms with Crippen LogP contribution in [0.1, 0.15) is 5.56 Å². The van der Waals surface area contributed by atoms with Crippen LogP contribution in [0.3, 0.4) is 0 Å². The molecule has 0 unspecified atom stereocenters. The van der Waals surface area contributed by atoms with Crippen LogP contribution in [0.2, 0.25) is 0 Å². The monoisotopic (exact) mass is 261 g/mol. The molecule has 0 saturated carbocycles. The van der Waals surface area contributed by atoms with Gasteiger partial charge in [0, 0.05) is 17.7 Å². The number of hydrogen-bond acceptors (Lipinski definition) is 5. The minimum absolute atomic E-state index is 0.165. The molecule has 0 spiro atoms. The van der Waals surface area contributed by atoms with Crippen LogP contribution in [-0.4, -0.2) is 24.4 Å². The average Bonchev–Trinajstić information content (AvgIpc) is 2.47. The summed E-state index contributed by atoms with van der Waals surface area (Å²) in [6.07, 6.45) is 0. The van der Waals surface area contributed by atoms with Gasteiger partial charge in [0.2, 0.25) is 0 Å². The number of benzene rings is 1. The third kappa shape index (κ3) is 2.58. The molecular formula is C13H15N3O3. The number of H-pyrrole nitrogens is 1. The van der Waals surface area contributed by atoms with Crippen molar-refractivity contribution in [1.82, 2.24) is 10.2 Å². The molecule has 0 radical (unpaired) electrons. The molecule has 6 heteroatoms. The maximum Gasteiger partial charge on any atom is 0.268 e. The fraction of sp³-hybridized carbons (Fsp3) is 0.231. The molecule has 1 aromatic heterocycles. The number of methoxy groups -OCH3 is 2. The standard InChI is InChI=1S/C13H15N3O3/c1-18-11-4-3-8(6-12(11)19-2)10-5-9(7-14)13(17)16-15-10/h3-6H,7,14H2,1-2H3,(H,16,17). The summed E-state index contributed by atoms with van der Waals surface area (Å²) in [6.45, 7) is 0.165. The molecule has 2 aromatic rings. The Hall–Kier alpha value is -2.34. The van der Waals surface area contributed by atoms with E-state index in [1.165, 1.54) is 0 Å². The van der Waals surface area contributed by atoms with Gasteiger partial charge in [0.15, 0.2) is 11.5 Å². The molecule has 0 saturated heterocycles. The first-order chi connectivity index (χ1) is 9.19. The Bertz CT molecular complexity index is 637. The van der Waals surface area contributed by atoms with E-state index in [4.69, 9.17) is 15.2 Å². The van der Waals surface area contributed by atoms with Crippen molar-refractivity contribution in [2.24, 2.45) is 5.73 Å².